The second-order valence-electron chi connectivity index (χ2n) is 4.08. The molecule has 0 fully saturated rings. The smallest absolute Gasteiger partial charge is 0.0542 e. The molecule has 4 heteroatoms. The van der Waals surface area contributed by atoms with Gasteiger partial charge < -0.3 is 0 Å². The van der Waals surface area contributed by atoms with Crippen molar-refractivity contribution < 1.29 is 0 Å². The van der Waals surface area contributed by atoms with Crippen LogP contribution >= 0.6 is 34.2 Å². The highest BCUT2D eigenvalue weighted by Gasteiger charge is 2.11. The van der Waals surface area contributed by atoms with Gasteiger partial charge in [0.1, 0.15) is 0 Å². The van der Waals surface area contributed by atoms with Crippen LogP contribution in [0.1, 0.15) is 17.2 Å². The van der Waals surface area contributed by atoms with Gasteiger partial charge in [0.2, 0.25) is 0 Å². The summed E-state index contributed by atoms with van der Waals surface area (Å²) in [5.74, 6) is 5.65. The molecule has 0 aliphatic carbocycles. The van der Waals surface area contributed by atoms with Gasteiger partial charge in [-0.25, -0.2) is 0 Å². The molecule has 18 heavy (non-hydrogen) atoms. The topological polar surface area (TPSA) is 38.0 Å². The van der Waals surface area contributed by atoms with Crippen LogP contribution in [0.5, 0.6) is 0 Å². The number of nitrogens with one attached hydrogen (secondary N) is 1. The molecule has 3 N–H and O–H groups in total. The Morgan fingerprint density at radius 1 is 1.17 bits per heavy atom. The molecular weight excluding hydrogens is 359 g/mol. The minimum absolute atomic E-state index is 0.0712. The molecule has 0 aliphatic heterocycles. The minimum Gasteiger partial charge on any atom is -0.271 e. The predicted octanol–water partition coefficient (Wildman–Crippen LogP) is 3.69. The zero-order valence-electron chi connectivity index (χ0n) is 9.74. The summed E-state index contributed by atoms with van der Waals surface area (Å²) in [4.78, 5) is 0. The number of nitrogens with two attached hydrogens (primary N) is 1. The Morgan fingerprint density at radius 3 is 2.50 bits per heavy atom. The SMILES string of the molecule is NNC(Cc1ccccc1)c1ccc(I)c(Cl)c1. The lowest BCUT2D eigenvalue weighted by atomic mass is 9.99. The molecule has 2 aromatic carbocycles. The molecule has 2 nitrogen and oxygen atoms in total. The van der Waals surface area contributed by atoms with Crippen molar-refractivity contribution in [1.29, 1.82) is 0 Å². The maximum absolute atomic E-state index is 6.14. The van der Waals surface area contributed by atoms with Crippen LogP contribution in [0.25, 0.3) is 0 Å². The van der Waals surface area contributed by atoms with E-state index < -0.39 is 0 Å². The largest absolute Gasteiger partial charge is 0.271 e. The molecule has 2 aromatic rings. The van der Waals surface area contributed by atoms with E-state index >= 15 is 0 Å². The maximum Gasteiger partial charge on any atom is 0.0542 e. The van der Waals surface area contributed by atoms with Crippen molar-refractivity contribution >= 4 is 34.2 Å². The number of rotatable bonds is 4. The highest BCUT2D eigenvalue weighted by atomic mass is 127. The van der Waals surface area contributed by atoms with Crippen LogP contribution in [-0.2, 0) is 6.42 Å². The molecule has 0 bridgehead atoms. The molecule has 0 heterocycles. The van der Waals surface area contributed by atoms with E-state index in [1.807, 2.05) is 30.3 Å². The van der Waals surface area contributed by atoms with Crippen molar-refractivity contribution in [2.75, 3.05) is 0 Å². The van der Waals surface area contributed by atoms with Gasteiger partial charge in [0.25, 0.3) is 0 Å². The second kappa shape index (κ2) is 6.52. The quantitative estimate of drug-likeness (QED) is 0.488. The lowest BCUT2D eigenvalue weighted by Crippen LogP contribution is -2.29. The van der Waals surface area contributed by atoms with Crippen LogP contribution in [0.3, 0.4) is 0 Å². The molecule has 0 amide bonds. The average molecular weight is 373 g/mol. The van der Waals surface area contributed by atoms with Gasteiger partial charge in [0.15, 0.2) is 0 Å². The summed E-state index contributed by atoms with van der Waals surface area (Å²) in [7, 11) is 0. The molecule has 0 radical (unpaired) electrons. The van der Waals surface area contributed by atoms with Crippen molar-refractivity contribution in [1.82, 2.24) is 5.43 Å². The third kappa shape index (κ3) is 3.45. The Balaban J connectivity index is 2.20. The minimum atomic E-state index is 0.0712. The first-order valence-electron chi connectivity index (χ1n) is 5.65. The summed E-state index contributed by atoms with van der Waals surface area (Å²) in [6.45, 7) is 0. The summed E-state index contributed by atoms with van der Waals surface area (Å²) < 4.78 is 1.05. The predicted molar refractivity (Wildman–Crippen MR) is 84.4 cm³/mol. The van der Waals surface area contributed by atoms with E-state index in [1.165, 1.54) is 5.56 Å². The maximum atomic E-state index is 6.14. The van der Waals surface area contributed by atoms with E-state index in [2.05, 4.69) is 46.2 Å². The molecule has 1 atom stereocenters. The fourth-order valence-corrected chi connectivity index (χ4v) is 2.38. The number of hydrazine groups is 1. The molecule has 0 aliphatic rings. The van der Waals surface area contributed by atoms with E-state index in [1.54, 1.807) is 0 Å². The monoisotopic (exact) mass is 372 g/mol. The van der Waals surface area contributed by atoms with E-state index in [0.717, 1.165) is 20.6 Å². The lowest BCUT2D eigenvalue weighted by molar-refractivity contribution is 0.552. The molecule has 1 unspecified atom stereocenters. The molecule has 2 rings (SSSR count). The normalized spacial score (nSPS) is 12.4. The zero-order chi connectivity index (χ0) is 13.0. The van der Waals surface area contributed by atoms with Crippen LogP contribution < -0.4 is 11.3 Å². The fourth-order valence-electron chi connectivity index (χ4n) is 1.85. The Hall–Kier alpha value is -0.620. The van der Waals surface area contributed by atoms with Gasteiger partial charge in [0, 0.05) is 3.57 Å². The Labute approximate surface area is 126 Å². The Bertz CT molecular complexity index is 516. The molecular formula is C14H14ClIN2. The van der Waals surface area contributed by atoms with Crippen LogP contribution in [-0.4, -0.2) is 0 Å². The standard InChI is InChI=1S/C14H14ClIN2/c15-12-9-11(6-7-13(12)16)14(18-17)8-10-4-2-1-3-5-10/h1-7,9,14,18H,8,17H2. The fraction of sp³-hybridized carbons (Fsp3) is 0.143. The summed E-state index contributed by atoms with van der Waals surface area (Å²) in [6, 6.07) is 16.4. The van der Waals surface area contributed by atoms with Crippen molar-refractivity contribution in [3.8, 4) is 0 Å². The number of hydrogen-bond acceptors (Lipinski definition) is 2. The summed E-state index contributed by atoms with van der Waals surface area (Å²) in [5, 5.41) is 0.765. The highest BCUT2D eigenvalue weighted by molar-refractivity contribution is 14.1. The first kappa shape index (κ1) is 13.8. The van der Waals surface area contributed by atoms with Crippen LogP contribution in [0, 0.1) is 3.57 Å². The summed E-state index contributed by atoms with van der Waals surface area (Å²) >= 11 is 8.36. The first-order chi connectivity index (χ1) is 8.70. The first-order valence-corrected chi connectivity index (χ1v) is 7.11. The molecule has 0 aromatic heterocycles. The van der Waals surface area contributed by atoms with E-state index in [-0.39, 0.29) is 6.04 Å². The zero-order valence-corrected chi connectivity index (χ0v) is 12.6. The number of benzene rings is 2. The Kier molecular flexibility index (Phi) is 5.00. The number of halogens is 2. The van der Waals surface area contributed by atoms with E-state index in [4.69, 9.17) is 17.4 Å². The highest BCUT2D eigenvalue weighted by Crippen LogP contribution is 2.24. The second-order valence-corrected chi connectivity index (χ2v) is 5.65. The molecule has 94 valence electrons. The van der Waals surface area contributed by atoms with Gasteiger partial charge in [-0.05, 0) is 52.3 Å². The molecule has 0 saturated carbocycles. The molecule has 0 saturated heterocycles. The van der Waals surface area contributed by atoms with E-state index in [9.17, 15) is 0 Å². The van der Waals surface area contributed by atoms with Crippen LogP contribution in [0.15, 0.2) is 48.5 Å². The summed E-state index contributed by atoms with van der Waals surface area (Å²) in [5.41, 5.74) is 5.20. The van der Waals surface area contributed by atoms with Crippen LogP contribution in [0.2, 0.25) is 5.02 Å². The van der Waals surface area contributed by atoms with Gasteiger partial charge in [-0.3, -0.25) is 11.3 Å². The third-order valence-electron chi connectivity index (χ3n) is 2.83. The van der Waals surface area contributed by atoms with Crippen LogP contribution in [0.4, 0.5) is 0 Å². The van der Waals surface area contributed by atoms with Crippen molar-refractivity contribution in [2.45, 2.75) is 12.5 Å². The van der Waals surface area contributed by atoms with Crippen molar-refractivity contribution in [3.05, 3.63) is 68.3 Å². The summed E-state index contributed by atoms with van der Waals surface area (Å²) in [6.07, 6.45) is 0.842. The average Bonchev–Trinajstić information content (AvgIpc) is 2.40. The van der Waals surface area contributed by atoms with E-state index in [0.29, 0.717) is 0 Å². The van der Waals surface area contributed by atoms with Crippen molar-refractivity contribution in [3.63, 3.8) is 0 Å². The van der Waals surface area contributed by atoms with Gasteiger partial charge in [-0.1, -0.05) is 48.0 Å². The Morgan fingerprint density at radius 2 is 1.89 bits per heavy atom. The number of hydrogen-bond donors (Lipinski definition) is 2. The third-order valence-corrected chi connectivity index (χ3v) is 4.40. The van der Waals surface area contributed by atoms with Gasteiger partial charge in [0.05, 0.1) is 11.1 Å². The van der Waals surface area contributed by atoms with Gasteiger partial charge in [-0.15, -0.1) is 0 Å². The lowest BCUT2D eigenvalue weighted by Gasteiger charge is -2.17. The van der Waals surface area contributed by atoms with Gasteiger partial charge >= 0.3 is 0 Å². The molecule has 0 spiro atoms. The van der Waals surface area contributed by atoms with Crippen molar-refractivity contribution in [2.24, 2.45) is 5.84 Å². The van der Waals surface area contributed by atoms with Gasteiger partial charge in [-0.2, -0.15) is 0 Å².